The lowest BCUT2D eigenvalue weighted by Crippen LogP contribution is -2.04. The van der Waals surface area contributed by atoms with E-state index in [9.17, 15) is 0 Å². The molecule has 0 aliphatic rings. The van der Waals surface area contributed by atoms with E-state index in [1.807, 2.05) is 26.8 Å². The van der Waals surface area contributed by atoms with Crippen LogP contribution in [0, 0.1) is 20.8 Å². The highest BCUT2D eigenvalue weighted by molar-refractivity contribution is 5.48. The van der Waals surface area contributed by atoms with Crippen LogP contribution < -0.4 is 10.6 Å². The minimum absolute atomic E-state index is 0.442. The molecular formula is C11H17NO2. The molecule has 14 heavy (non-hydrogen) atoms. The van der Waals surface area contributed by atoms with E-state index in [-0.39, 0.29) is 0 Å². The van der Waals surface area contributed by atoms with Gasteiger partial charge < -0.3 is 4.74 Å². The van der Waals surface area contributed by atoms with Crippen molar-refractivity contribution in [2.75, 3.05) is 7.11 Å². The molecule has 0 spiro atoms. The van der Waals surface area contributed by atoms with Gasteiger partial charge in [0.2, 0.25) is 0 Å². The molecule has 3 nitrogen and oxygen atoms in total. The number of methoxy groups -OCH3 is 1. The molecule has 0 saturated heterocycles. The van der Waals surface area contributed by atoms with Crippen LogP contribution in [0.2, 0.25) is 0 Å². The first-order chi connectivity index (χ1) is 6.61. The third-order valence-corrected chi connectivity index (χ3v) is 2.58. The van der Waals surface area contributed by atoms with Crippen molar-refractivity contribution >= 4 is 0 Å². The van der Waals surface area contributed by atoms with E-state index in [4.69, 9.17) is 10.6 Å². The van der Waals surface area contributed by atoms with Crippen molar-refractivity contribution in [2.24, 2.45) is 5.90 Å². The summed E-state index contributed by atoms with van der Waals surface area (Å²) in [5, 5.41) is 0. The van der Waals surface area contributed by atoms with Gasteiger partial charge in [-0.15, -0.1) is 0 Å². The predicted molar refractivity (Wildman–Crippen MR) is 56.2 cm³/mol. The molecule has 1 aromatic rings. The Hall–Kier alpha value is -1.06. The summed E-state index contributed by atoms with van der Waals surface area (Å²) in [5.74, 6) is 6.02. The van der Waals surface area contributed by atoms with Crippen LogP contribution in [0.3, 0.4) is 0 Å². The molecule has 0 atom stereocenters. The van der Waals surface area contributed by atoms with Crippen molar-refractivity contribution in [2.45, 2.75) is 27.4 Å². The summed E-state index contributed by atoms with van der Waals surface area (Å²) in [5.41, 5.74) is 4.56. The summed E-state index contributed by atoms with van der Waals surface area (Å²) in [6.45, 7) is 6.55. The van der Waals surface area contributed by atoms with Gasteiger partial charge in [-0.3, -0.25) is 4.84 Å². The molecule has 0 bridgehead atoms. The maximum atomic E-state index is 5.32. The Morgan fingerprint density at radius 2 is 1.86 bits per heavy atom. The minimum atomic E-state index is 0.442. The lowest BCUT2D eigenvalue weighted by Gasteiger charge is -2.14. The van der Waals surface area contributed by atoms with Gasteiger partial charge in [0.25, 0.3) is 0 Å². The van der Waals surface area contributed by atoms with E-state index in [0.29, 0.717) is 6.61 Å². The second-order valence-electron chi connectivity index (χ2n) is 3.45. The standard InChI is InChI=1S/C11H17NO2/c1-7-5-10(6-14-12)8(2)9(3)11(7)13-4/h5H,6,12H2,1-4H3. The number of hydrogen-bond acceptors (Lipinski definition) is 3. The Labute approximate surface area is 84.8 Å². The highest BCUT2D eigenvalue weighted by atomic mass is 16.6. The quantitative estimate of drug-likeness (QED) is 0.750. The molecule has 78 valence electrons. The van der Waals surface area contributed by atoms with Gasteiger partial charge in [-0.2, -0.15) is 0 Å². The van der Waals surface area contributed by atoms with E-state index in [2.05, 4.69) is 4.84 Å². The lowest BCUT2D eigenvalue weighted by molar-refractivity contribution is 0.123. The van der Waals surface area contributed by atoms with E-state index < -0.39 is 0 Å². The minimum Gasteiger partial charge on any atom is -0.496 e. The Balaban J connectivity index is 3.25. The average molecular weight is 195 g/mol. The smallest absolute Gasteiger partial charge is 0.124 e. The molecule has 1 rings (SSSR count). The monoisotopic (exact) mass is 195 g/mol. The van der Waals surface area contributed by atoms with Crippen LogP contribution in [-0.4, -0.2) is 7.11 Å². The van der Waals surface area contributed by atoms with Crippen molar-refractivity contribution in [1.29, 1.82) is 0 Å². The molecule has 0 amide bonds. The SMILES string of the molecule is COc1c(C)cc(CON)c(C)c1C. The first-order valence-corrected chi connectivity index (χ1v) is 4.57. The fourth-order valence-electron chi connectivity index (χ4n) is 1.70. The Morgan fingerprint density at radius 3 is 2.36 bits per heavy atom. The molecule has 3 heteroatoms. The van der Waals surface area contributed by atoms with Crippen molar-refractivity contribution in [1.82, 2.24) is 0 Å². The van der Waals surface area contributed by atoms with Crippen LogP contribution in [0.5, 0.6) is 5.75 Å². The van der Waals surface area contributed by atoms with E-state index in [1.165, 1.54) is 5.56 Å². The molecule has 1 aromatic carbocycles. The largest absolute Gasteiger partial charge is 0.496 e. The fourth-order valence-corrected chi connectivity index (χ4v) is 1.70. The number of ether oxygens (including phenoxy) is 1. The number of hydrogen-bond donors (Lipinski definition) is 1. The number of rotatable bonds is 3. The van der Waals surface area contributed by atoms with E-state index in [0.717, 1.165) is 22.4 Å². The average Bonchev–Trinajstić information content (AvgIpc) is 2.15. The zero-order valence-electron chi connectivity index (χ0n) is 9.18. The van der Waals surface area contributed by atoms with Crippen molar-refractivity contribution in [3.63, 3.8) is 0 Å². The molecule has 0 saturated carbocycles. The number of benzene rings is 1. The molecule has 2 N–H and O–H groups in total. The van der Waals surface area contributed by atoms with Crippen LogP contribution in [-0.2, 0) is 11.4 Å². The van der Waals surface area contributed by atoms with Crippen molar-refractivity contribution in [3.05, 3.63) is 28.3 Å². The molecule has 0 radical (unpaired) electrons. The maximum Gasteiger partial charge on any atom is 0.124 e. The van der Waals surface area contributed by atoms with Crippen LogP contribution in [0.1, 0.15) is 22.3 Å². The summed E-state index contributed by atoms with van der Waals surface area (Å²) in [4.78, 5) is 4.65. The van der Waals surface area contributed by atoms with E-state index >= 15 is 0 Å². The molecule has 0 heterocycles. The number of aryl methyl sites for hydroxylation is 1. The fraction of sp³-hybridized carbons (Fsp3) is 0.455. The van der Waals surface area contributed by atoms with Crippen LogP contribution in [0.4, 0.5) is 0 Å². The second-order valence-corrected chi connectivity index (χ2v) is 3.45. The van der Waals surface area contributed by atoms with Crippen LogP contribution in [0.15, 0.2) is 6.07 Å². The third-order valence-electron chi connectivity index (χ3n) is 2.58. The number of nitrogens with two attached hydrogens (primary N) is 1. The van der Waals surface area contributed by atoms with Gasteiger partial charge in [-0.25, -0.2) is 5.90 Å². The third kappa shape index (κ3) is 1.89. The molecule has 0 aliphatic carbocycles. The summed E-state index contributed by atoms with van der Waals surface area (Å²) in [6, 6.07) is 2.05. The summed E-state index contributed by atoms with van der Waals surface area (Å²) >= 11 is 0. The second kappa shape index (κ2) is 4.44. The van der Waals surface area contributed by atoms with Crippen LogP contribution in [0.25, 0.3) is 0 Å². The van der Waals surface area contributed by atoms with Gasteiger partial charge in [-0.05, 0) is 49.1 Å². The Kier molecular flexibility index (Phi) is 3.49. The highest BCUT2D eigenvalue weighted by Crippen LogP contribution is 2.28. The molecule has 0 unspecified atom stereocenters. The molecular weight excluding hydrogens is 178 g/mol. The maximum absolute atomic E-state index is 5.32. The zero-order chi connectivity index (χ0) is 10.7. The summed E-state index contributed by atoms with van der Waals surface area (Å²) in [7, 11) is 1.69. The molecule has 0 aliphatic heterocycles. The molecule has 0 aromatic heterocycles. The van der Waals surface area contributed by atoms with Crippen LogP contribution >= 0.6 is 0 Å². The zero-order valence-corrected chi connectivity index (χ0v) is 9.18. The van der Waals surface area contributed by atoms with Gasteiger partial charge in [0.15, 0.2) is 0 Å². The van der Waals surface area contributed by atoms with Gasteiger partial charge in [0.05, 0.1) is 13.7 Å². The predicted octanol–water partition coefficient (Wildman–Crippen LogP) is 2.01. The van der Waals surface area contributed by atoms with Gasteiger partial charge in [0.1, 0.15) is 5.75 Å². The van der Waals surface area contributed by atoms with Gasteiger partial charge >= 0.3 is 0 Å². The Morgan fingerprint density at radius 1 is 1.21 bits per heavy atom. The Bertz CT molecular complexity index is 335. The van der Waals surface area contributed by atoms with Gasteiger partial charge in [-0.1, -0.05) is 0 Å². The summed E-state index contributed by atoms with van der Waals surface area (Å²) < 4.78 is 5.32. The van der Waals surface area contributed by atoms with Crippen molar-refractivity contribution < 1.29 is 9.57 Å². The van der Waals surface area contributed by atoms with Crippen molar-refractivity contribution in [3.8, 4) is 5.75 Å². The lowest BCUT2D eigenvalue weighted by atomic mass is 9.99. The topological polar surface area (TPSA) is 44.5 Å². The van der Waals surface area contributed by atoms with E-state index in [1.54, 1.807) is 7.11 Å². The normalized spacial score (nSPS) is 10.4. The molecule has 0 fully saturated rings. The van der Waals surface area contributed by atoms with Gasteiger partial charge in [0, 0.05) is 0 Å². The summed E-state index contributed by atoms with van der Waals surface area (Å²) in [6.07, 6.45) is 0. The highest BCUT2D eigenvalue weighted by Gasteiger charge is 2.09. The first kappa shape index (κ1) is 11.0. The first-order valence-electron chi connectivity index (χ1n) is 4.57.